The smallest absolute Gasteiger partial charge is 0.0562 e. The molecule has 0 saturated heterocycles. The molecule has 10 rings (SSSR count). The number of aromatic nitrogens is 2. The molecule has 0 aliphatic heterocycles. The SMILES string of the molecule is c1ccc(-n2c3ccccc3c3c(-n4c5ccccc5c5c(-c6cccc7c6sc6ccccc67)cccc54)cccc32)cc1. The van der Waals surface area contributed by atoms with Gasteiger partial charge in [-0.1, -0.05) is 109 Å². The zero-order valence-corrected chi connectivity index (χ0v) is 25.1. The van der Waals surface area contributed by atoms with Crippen molar-refractivity contribution in [2.45, 2.75) is 0 Å². The third kappa shape index (κ3) is 3.44. The van der Waals surface area contributed by atoms with Crippen molar-refractivity contribution in [3.8, 4) is 22.5 Å². The predicted molar refractivity (Wildman–Crippen MR) is 193 cm³/mol. The van der Waals surface area contributed by atoms with Gasteiger partial charge in [0.05, 0.1) is 27.8 Å². The molecule has 0 fully saturated rings. The normalized spacial score (nSPS) is 12.0. The van der Waals surface area contributed by atoms with Crippen LogP contribution in [0.2, 0.25) is 0 Å². The topological polar surface area (TPSA) is 9.86 Å². The van der Waals surface area contributed by atoms with Gasteiger partial charge in [-0.25, -0.2) is 0 Å². The van der Waals surface area contributed by atoms with Gasteiger partial charge in [0.25, 0.3) is 0 Å². The fourth-order valence-corrected chi connectivity index (χ4v) is 8.73. The second kappa shape index (κ2) is 9.43. The summed E-state index contributed by atoms with van der Waals surface area (Å²) in [6.07, 6.45) is 0. The number of benzene rings is 7. The van der Waals surface area contributed by atoms with Crippen molar-refractivity contribution >= 4 is 75.1 Å². The van der Waals surface area contributed by atoms with E-state index < -0.39 is 0 Å². The minimum atomic E-state index is 1.17. The lowest BCUT2D eigenvalue weighted by atomic mass is 9.98. The van der Waals surface area contributed by atoms with Crippen molar-refractivity contribution in [3.05, 3.63) is 158 Å². The standard InChI is InChI=1S/C42H26N2S/c1-2-13-27(14-3-1)43-34-21-7-5-17-33(34)41-37(43)24-12-25-38(41)44-35-22-8-4-16-32(35)40-29(18-11-23-36(40)44)31-20-10-19-30-28-15-6-9-26-39(28)45-42(30)31/h1-26H. The van der Waals surface area contributed by atoms with Gasteiger partial charge >= 0.3 is 0 Å². The maximum absolute atomic E-state index is 2.49. The van der Waals surface area contributed by atoms with E-state index in [9.17, 15) is 0 Å². The molecule has 3 heterocycles. The summed E-state index contributed by atoms with van der Waals surface area (Å²) in [5.41, 5.74) is 9.78. The minimum absolute atomic E-state index is 1.17. The highest BCUT2D eigenvalue weighted by Gasteiger charge is 2.21. The highest BCUT2D eigenvalue weighted by atomic mass is 32.1. The van der Waals surface area contributed by atoms with E-state index in [1.165, 1.54) is 86.3 Å². The Bertz CT molecular complexity index is 2760. The van der Waals surface area contributed by atoms with Gasteiger partial charge in [0, 0.05) is 53.0 Å². The highest BCUT2D eigenvalue weighted by molar-refractivity contribution is 7.26. The van der Waals surface area contributed by atoms with Crippen LogP contribution in [0.15, 0.2) is 158 Å². The van der Waals surface area contributed by atoms with Gasteiger partial charge in [0.2, 0.25) is 0 Å². The molecular formula is C42H26N2S. The summed E-state index contributed by atoms with van der Waals surface area (Å²) in [5.74, 6) is 0. The number of thiophene rings is 1. The van der Waals surface area contributed by atoms with Crippen LogP contribution in [0.25, 0.3) is 86.3 Å². The maximum Gasteiger partial charge on any atom is 0.0562 e. The van der Waals surface area contributed by atoms with Crippen LogP contribution in [0, 0.1) is 0 Å². The van der Waals surface area contributed by atoms with E-state index in [2.05, 4.69) is 167 Å². The van der Waals surface area contributed by atoms with E-state index in [4.69, 9.17) is 0 Å². The van der Waals surface area contributed by atoms with Crippen molar-refractivity contribution in [1.29, 1.82) is 0 Å². The van der Waals surface area contributed by atoms with Crippen LogP contribution in [0.3, 0.4) is 0 Å². The summed E-state index contributed by atoms with van der Waals surface area (Å²) >= 11 is 1.89. The number of fused-ring (bicyclic) bond motifs is 9. The largest absolute Gasteiger partial charge is 0.309 e. The molecule has 45 heavy (non-hydrogen) atoms. The Hall–Kier alpha value is -5.64. The molecule has 3 heteroatoms. The fourth-order valence-electron chi connectivity index (χ4n) is 7.50. The van der Waals surface area contributed by atoms with Crippen molar-refractivity contribution < 1.29 is 0 Å². The zero-order valence-electron chi connectivity index (χ0n) is 24.3. The molecule has 0 atom stereocenters. The van der Waals surface area contributed by atoms with E-state index in [1.54, 1.807) is 0 Å². The summed E-state index contributed by atoms with van der Waals surface area (Å²) in [5, 5.41) is 7.73. The lowest BCUT2D eigenvalue weighted by Gasteiger charge is -2.12. The first kappa shape index (κ1) is 24.8. The van der Waals surface area contributed by atoms with Gasteiger partial charge in [0.1, 0.15) is 0 Å². The van der Waals surface area contributed by atoms with E-state index in [0.717, 1.165) is 0 Å². The molecule has 0 amide bonds. The summed E-state index contributed by atoms with van der Waals surface area (Å²) in [4.78, 5) is 0. The molecule has 210 valence electrons. The number of hydrogen-bond acceptors (Lipinski definition) is 1. The quantitative estimate of drug-likeness (QED) is 0.194. The molecule has 7 aromatic carbocycles. The molecule has 3 aromatic heterocycles. The third-order valence-electron chi connectivity index (χ3n) is 9.32. The first-order valence-electron chi connectivity index (χ1n) is 15.4. The van der Waals surface area contributed by atoms with Crippen molar-refractivity contribution in [1.82, 2.24) is 9.13 Å². The minimum Gasteiger partial charge on any atom is -0.309 e. The molecule has 0 radical (unpaired) electrons. The van der Waals surface area contributed by atoms with E-state index >= 15 is 0 Å². The Morgan fingerprint density at radius 1 is 0.356 bits per heavy atom. The van der Waals surface area contributed by atoms with Crippen molar-refractivity contribution in [2.24, 2.45) is 0 Å². The van der Waals surface area contributed by atoms with Gasteiger partial charge in [-0.15, -0.1) is 11.3 Å². The summed E-state index contributed by atoms with van der Waals surface area (Å²) in [6.45, 7) is 0. The Balaban J connectivity index is 1.33. The van der Waals surface area contributed by atoms with Crippen LogP contribution in [0.4, 0.5) is 0 Å². The average molecular weight is 591 g/mol. The molecule has 0 unspecified atom stereocenters. The number of rotatable bonds is 3. The van der Waals surface area contributed by atoms with Crippen LogP contribution in [-0.4, -0.2) is 9.13 Å². The fraction of sp³-hybridized carbons (Fsp3) is 0. The Labute approximate surface area is 263 Å². The molecule has 0 aliphatic rings. The van der Waals surface area contributed by atoms with E-state index in [1.807, 2.05) is 11.3 Å². The number of hydrogen-bond donors (Lipinski definition) is 0. The molecule has 0 aliphatic carbocycles. The van der Waals surface area contributed by atoms with Crippen LogP contribution >= 0.6 is 11.3 Å². The molecule has 0 spiro atoms. The molecule has 0 bridgehead atoms. The second-order valence-electron chi connectivity index (χ2n) is 11.7. The number of nitrogens with zero attached hydrogens (tertiary/aromatic N) is 2. The lowest BCUT2D eigenvalue weighted by molar-refractivity contribution is 1.17. The van der Waals surface area contributed by atoms with Crippen LogP contribution in [-0.2, 0) is 0 Å². The Kier molecular flexibility index (Phi) is 5.19. The molecule has 2 nitrogen and oxygen atoms in total. The molecular weight excluding hydrogens is 565 g/mol. The highest BCUT2D eigenvalue weighted by Crippen LogP contribution is 2.45. The number of para-hydroxylation sites is 3. The van der Waals surface area contributed by atoms with Crippen molar-refractivity contribution in [2.75, 3.05) is 0 Å². The summed E-state index contributed by atoms with van der Waals surface area (Å²) in [7, 11) is 0. The predicted octanol–water partition coefficient (Wildman–Crippen LogP) is 11.9. The molecule has 10 aromatic rings. The third-order valence-corrected chi connectivity index (χ3v) is 10.5. The van der Waals surface area contributed by atoms with Gasteiger partial charge < -0.3 is 9.13 Å². The summed E-state index contributed by atoms with van der Waals surface area (Å²) in [6, 6.07) is 57.5. The van der Waals surface area contributed by atoms with Crippen LogP contribution in [0.5, 0.6) is 0 Å². The first-order valence-corrected chi connectivity index (χ1v) is 16.2. The maximum atomic E-state index is 2.49. The zero-order chi connectivity index (χ0) is 29.5. The van der Waals surface area contributed by atoms with Gasteiger partial charge in [-0.05, 0) is 54.1 Å². The second-order valence-corrected chi connectivity index (χ2v) is 12.7. The Morgan fingerprint density at radius 2 is 0.911 bits per heavy atom. The average Bonchev–Trinajstić information content (AvgIpc) is 3.76. The summed E-state index contributed by atoms with van der Waals surface area (Å²) < 4.78 is 7.56. The van der Waals surface area contributed by atoms with Gasteiger partial charge in [-0.3, -0.25) is 0 Å². The van der Waals surface area contributed by atoms with Crippen molar-refractivity contribution in [3.63, 3.8) is 0 Å². The van der Waals surface area contributed by atoms with E-state index in [-0.39, 0.29) is 0 Å². The monoisotopic (exact) mass is 590 g/mol. The van der Waals surface area contributed by atoms with Gasteiger partial charge in [0.15, 0.2) is 0 Å². The molecule has 0 saturated carbocycles. The van der Waals surface area contributed by atoms with Crippen LogP contribution < -0.4 is 0 Å². The van der Waals surface area contributed by atoms with Crippen LogP contribution in [0.1, 0.15) is 0 Å². The Morgan fingerprint density at radius 3 is 1.73 bits per heavy atom. The lowest BCUT2D eigenvalue weighted by Crippen LogP contribution is -1.96. The first-order chi connectivity index (χ1) is 22.4. The van der Waals surface area contributed by atoms with E-state index in [0.29, 0.717) is 0 Å². The molecule has 0 N–H and O–H groups in total. The van der Waals surface area contributed by atoms with Gasteiger partial charge in [-0.2, -0.15) is 0 Å².